The van der Waals surface area contributed by atoms with Crippen LogP contribution in [0.15, 0.2) is 48.5 Å². The van der Waals surface area contributed by atoms with Gasteiger partial charge in [0.05, 0.1) is 11.1 Å². The van der Waals surface area contributed by atoms with Gasteiger partial charge in [-0.05, 0) is 43.9 Å². The molecule has 0 aliphatic carbocycles. The summed E-state index contributed by atoms with van der Waals surface area (Å²) in [5, 5.41) is 1.05. The average molecular weight is 359 g/mol. The van der Waals surface area contributed by atoms with Crippen LogP contribution in [0.4, 0.5) is 0 Å². The molecule has 2 aromatic rings. The minimum absolute atomic E-state index is 0.216. The highest BCUT2D eigenvalue weighted by Gasteiger charge is 2.40. The van der Waals surface area contributed by atoms with Crippen LogP contribution in [0, 0.1) is 0 Å². The normalized spacial score (nSPS) is 14.6. The number of rotatable bonds is 4. The molecule has 25 heavy (non-hydrogen) atoms. The molecule has 1 heterocycles. The molecular formula is C18H15ClN2O4. The number of hydrogen-bond acceptors (Lipinski definition) is 5. The molecular weight excluding hydrogens is 344 g/mol. The van der Waals surface area contributed by atoms with E-state index in [4.69, 9.17) is 16.4 Å². The lowest BCUT2D eigenvalue weighted by molar-refractivity contribution is -0.174. The van der Waals surface area contributed by atoms with Crippen molar-refractivity contribution in [1.29, 1.82) is 0 Å². The lowest BCUT2D eigenvalue weighted by Gasteiger charge is -2.24. The number of carbonyl (C=O) groups is 3. The van der Waals surface area contributed by atoms with E-state index in [1.165, 1.54) is 12.1 Å². The number of likely N-dealkylation sites (N-methyl/N-ethyl adjacent to an activating group) is 1. The van der Waals surface area contributed by atoms with E-state index in [1.807, 2.05) is 0 Å². The molecule has 7 heteroatoms. The van der Waals surface area contributed by atoms with Crippen LogP contribution in [-0.4, -0.2) is 41.8 Å². The van der Waals surface area contributed by atoms with Gasteiger partial charge in [-0.15, -0.1) is 0 Å². The molecule has 2 aromatic carbocycles. The fourth-order valence-electron chi connectivity index (χ4n) is 2.68. The van der Waals surface area contributed by atoms with Crippen LogP contribution in [0.1, 0.15) is 32.3 Å². The van der Waals surface area contributed by atoms with Crippen molar-refractivity contribution in [2.24, 2.45) is 0 Å². The van der Waals surface area contributed by atoms with Crippen LogP contribution < -0.4 is 0 Å². The summed E-state index contributed by atoms with van der Waals surface area (Å²) in [5.74, 6) is -2.04. The third-order valence-corrected chi connectivity index (χ3v) is 4.12. The van der Waals surface area contributed by atoms with E-state index >= 15 is 0 Å². The number of nitrogens with zero attached hydrogens (tertiary/aromatic N) is 2. The van der Waals surface area contributed by atoms with Gasteiger partial charge in [0.1, 0.15) is 6.04 Å². The Kier molecular flexibility index (Phi) is 4.57. The average Bonchev–Trinajstić information content (AvgIpc) is 2.82. The van der Waals surface area contributed by atoms with E-state index in [9.17, 15) is 14.4 Å². The van der Waals surface area contributed by atoms with Crippen LogP contribution in [0.2, 0.25) is 5.02 Å². The zero-order valence-corrected chi connectivity index (χ0v) is 14.4. The number of hydroxylamine groups is 2. The predicted octanol–water partition coefficient (Wildman–Crippen LogP) is 2.70. The molecule has 0 aromatic heterocycles. The van der Waals surface area contributed by atoms with E-state index in [0.717, 1.165) is 0 Å². The van der Waals surface area contributed by atoms with Crippen LogP contribution >= 0.6 is 11.6 Å². The summed E-state index contributed by atoms with van der Waals surface area (Å²) in [6.07, 6.45) is 0. The van der Waals surface area contributed by atoms with Gasteiger partial charge in [0.2, 0.25) is 0 Å². The van der Waals surface area contributed by atoms with Gasteiger partial charge in [0, 0.05) is 5.02 Å². The van der Waals surface area contributed by atoms with Crippen LogP contribution in [0.25, 0.3) is 0 Å². The van der Waals surface area contributed by atoms with Gasteiger partial charge in [-0.1, -0.05) is 40.9 Å². The number of hydrogen-bond donors (Lipinski definition) is 0. The first-order valence-electron chi connectivity index (χ1n) is 7.51. The maximum atomic E-state index is 12.6. The molecule has 0 radical (unpaired) electrons. The van der Waals surface area contributed by atoms with Gasteiger partial charge in [0.15, 0.2) is 0 Å². The van der Waals surface area contributed by atoms with Crippen LogP contribution in [-0.2, 0) is 9.63 Å². The first kappa shape index (κ1) is 17.1. The molecule has 2 amide bonds. The Hall–Kier alpha value is -2.70. The molecule has 0 saturated carbocycles. The maximum absolute atomic E-state index is 12.6. The lowest BCUT2D eigenvalue weighted by Crippen LogP contribution is -2.38. The van der Waals surface area contributed by atoms with Gasteiger partial charge in [0.25, 0.3) is 11.8 Å². The molecule has 1 aliphatic rings. The van der Waals surface area contributed by atoms with Gasteiger partial charge in [-0.2, -0.15) is 0 Å². The summed E-state index contributed by atoms with van der Waals surface area (Å²) in [6, 6.07) is 12.2. The van der Waals surface area contributed by atoms with E-state index < -0.39 is 23.8 Å². The Balaban J connectivity index is 1.84. The summed E-state index contributed by atoms with van der Waals surface area (Å²) in [7, 11) is 3.39. The molecule has 6 nitrogen and oxygen atoms in total. The fourth-order valence-corrected chi connectivity index (χ4v) is 2.81. The topological polar surface area (TPSA) is 66.9 Å². The number of carbonyl (C=O) groups excluding carboxylic acids is 3. The summed E-state index contributed by atoms with van der Waals surface area (Å²) < 4.78 is 0. The summed E-state index contributed by atoms with van der Waals surface area (Å²) in [4.78, 5) is 44.0. The van der Waals surface area contributed by atoms with Crippen LogP contribution in [0.5, 0.6) is 0 Å². The molecule has 1 unspecified atom stereocenters. The lowest BCUT2D eigenvalue weighted by atomic mass is 10.1. The third-order valence-electron chi connectivity index (χ3n) is 3.86. The van der Waals surface area contributed by atoms with Crippen molar-refractivity contribution in [3.63, 3.8) is 0 Å². The highest BCUT2D eigenvalue weighted by molar-refractivity contribution is 6.30. The van der Waals surface area contributed by atoms with Crippen molar-refractivity contribution in [3.05, 3.63) is 70.2 Å². The first-order valence-corrected chi connectivity index (χ1v) is 7.89. The molecule has 0 spiro atoms. The van der Waals surface area contributed by atoms with E-state index in [-0.39, 0.29) is 11.1 Å². The van der Waals surface area contributed by atoms with Crippen molar-refractivity contribution >= 4 is 29.4 Å². The highest BCUT2D eigenvalue weighted by Crippen LogP contribution is 2.26. The summed E-state index contributed by atoms with van der Waals surface area (Å²) in [5.41, 5.74) is 1.07. The Morgan fingerprint density at radius 1 is 1.00 bits per heavy atom. The van der Waals surface area contributed by atoms with Crippen molar-refractivity contribution in [2.45, 2.75) is 6.04 Å². The fraction of sp³-hybridized carbons (Fsp3) is 0.167. The van der Waals surface area contributed by atoms with Crippen molar-refractivity contribution < 1.29 is 19.2 Å². The molecule has 128 valence electrons. The molecule has 1 aliphatic heterocycles. The van der Waals surface area contributed by atoms with Gasteiger partial charge >= 0.3 is 5.97 Å². The maximum Gasteiger partial charge on any atom is 0.354 e. The number of fused-ring (bicyclic) bond motifs is 1. The van der Waals surface area contributed by atoms with Gasteiger partial charge in [-0.25, -0.2) is 4.79 Å². The molecule has 0 bridgehead atoms. The quantitative estimate of drug-likeness (QED) is 0.786. The second-order valence-corrected chi connectivity index (χ2v) is 6.21. The predicted molar refractivity (Wildman–Crippen MR) is 90.9 cm³/mol. The standard InChI is InChI=1S/C18H15ClN2O4/c1-20(2)15(11-7-9-12(19)10-8-11)18(24)25-21-16(22)13-5-3-4-6-14(13)17(21)23/h3-10,15H,1-2H3. The smallest absolute Gasteiger partial charge is 0.328 e. The Morgan fingerprint density at radius 2 is 1.52 bits per heavy atom. The van der Waals surface area contributed by atoms with E-state index in [2.05, 4.69) is 0 Å². The molecule has 0 saturated heterocycles. The number of halogens is 1. The van der Waals surface area contributed by atoms with Crippen LogP contribution in [0.3, 0.4) is 0 Å². The highest BCUT2D eigenvalue weighted by atomic mass is 35.5. The Labute approximate surface area is 149 Å². The summed E-state index contributed by atoms with van der Waals surface area (Å²) >= 11 is 5.88. The second-order valence-electron chi connectivity index (χ2n) is 5.78. The summed E-state index contributed by atoms with van der Waals surface area (Å²) in [6.45, 7) is 0. The minimum atomic E-state index is -0.790. The molecule has 0 fully saturated rings. The number of benzene rings is 2. The minimum Gasteiger partial charge on any atom is -0.328 e. The van der Waals surface area contributed by atoms with E-state index in [0.29, 0.717) is 15.6 Å². The number of imide groups is 1. The van der Waals surface area contributed by atoms with Crippen molar-refractivity contribution in [3.8, 4) is 0 Å². The number of amides is 2. The SMILES string of the molecule is CN(C)C(C(=O)ON1C(=O)c2ccccc2C1=O)c1ccc(Cl)cc1. The Morgan fingerprint density at radius 3 is 2.00 bits per heavy atom. The zero-order chi connectivity index (χ0) is 18.1. The van der Waals surface area contributed by atoms with E-state index in [1.54, 1.807) is 55.4 Å². The van der Waals surface area contributed by atoms with Gasteiger partial charge < -0.3 is 4.84 Å². The van der Waals surface area contributed by atoms with Crippen molar-refractivity contribution in [2.75, 3.05) is 14.1 Å². The largest absolute Gasteiger partial charge is 0.354 e. The zero-order valence-electron chi connectivity index (χ0n) is 13.6. The van der Waals surface area contributed by atoms with Crippen molar-refractivity contribution in [1.82, 2.24) is 9.96 Å². The molecule has 3 rings (SSSR count). The monoisotopic (exact) mass is 358 g/mol. The molecule has 1 atom stereocenters. The molecule has 0 N–H and O–H groups in total. The third kappa shape index (κ3) is 3.14. The second kappa shape index (κ2) is 6.66. The Bertz CT molecular complexity index is 813. The first-order chi connectivity index (χ1) is 11.9. The van der Waals surface area contributed by atoms with Gasteiger partial charge in [-0.3, -0.25) is 14.5 Å².